The minimum absolute atomic E-state index is 0.0380. The number of ketones is 1. The van der Waals surface area contributed by atoms with Crippen LogP contribution in [0.1, 0.15) is 137 Å². The molecule has 0 spiro atoms. The molecule has 210 valence electrons. The topological polar surface area (TPSA) is 55.4 Å². The summed E-state index contributed by atoms with van der Waals surface area (Å²) in [5.74, 6) is 2.90. The number of hydrogen-bond acceptors (Lipinski definition) is 3. The number of carbonyl (C=O) groups excluding carboxylic acids is 2. The van der Waals surface area contributed by atoms with Gasteiger partial charge >= 0.3 is 6.09 Å². The van der Waals surface area contributed by atoms with Crippen LogP contribution in [-0.4, -0.2) is 24.5 Å². The number of unbranched alkanes of at least 4 members (excludes halogenated alkanes) is 9. The number of alkyl carbamates (subject to hydrolysis) is 1. The Morgan fingerprint density at radius 1 is 0.946 bits per heavy atom. The fourth-order valence-corrected chi connectivity index (χ4v) is 9.02. The van der Waals surface area contributed by atoms with Crippen LogP contribution in [0.4, 0.5) is 4.79 Å². The molecule has 0 radical (unpaired) electrons. The van der Waals surface area contributed by atoms with Crippen molar-refractivity contribution in [2.75, 3.05) is 6.54 Å². The molecule has 0 saturated heterocycles. The Labute approximate surface area is 227 Å². The number of allylic oxidation sites excluding steroid dienone is 1. The van der Waals surface area contributed by atoms with Gasteiger partial charge in [-0.1, -0.05) is 91.1 Å². The molecule has 7 atom stereocenters. The van der Waals surface area contributed by atoms with E-state index in [9.17, 15) is 9.59 Å². The summed E-state index contributed by atoms with van der Waals surface area (Å²) in [6.45, 7) is 10.3. The van der Waals surface area contributed by atoms with Crippen LogP contribution in [-0.2, 0) is 9.53 Å². The van der Waals surface area contributed by atoms with Crippen molar-refractivity contribution in [3.8, 4) is 0 Å². The van der Waals surface area contributed by atoms with Gasteiger partial charge < -0.3 is 10.1 Å². The van der Waals surface area contributed by atoms with Crippen molar-refractivity contribution < 1.29 is 14.3 Å². The Balaban J connectivity index is 1.21. The number of carbonyl (C=O) groups is 2. The molecule has 0 aromatic carbocycles. The SMILES string of the molecule is CCCCCCCCCCCCNC(=O)OC1CCC2C3C(C)CC4=CC(=O)CCC4(C)C3CCC12C. The molecule has 3 fully saturated rings. The molecule has 4 aliphatic carbocycles. The smallest absolute Gasteiger partial charge is 0.407 e. The number of fused-ring (bicyclic) bond motifs is 5. The van der Waals surface area contributed by atoms with Crippen LogP contribution in [0.2, 0.25) is 0 Å². The van der Waals surface area contributed by atoms with Gasteiger partial charge in [0.2, 0.25) is 0 Å². The summed E-state index contributed by atoms with van der Waals surface area (Å²) in [6.07, 6.45) is 22.2. The second kappa shape index (κ2) is 12.7. The Kier molecular flexibility index (Phi) is 9.84. The Bertz CT molecular complexity index is 820. The predicted octanol–water partition coefficient (Wildman–Crippen LogP) is 8.78. The van der Waals surface area contributed by atoms with Gasteiger partial charge in [-0.2, -0.15) is 0 Å². The van der Waals surface area contributed by atoms with Crippen molar-refractivity contribution in [2.24, 2.45) is 34.5 Å². The van der Waals surface area contributed by atoms with Crippen LogP contribution in [0.3, 0.4) is 0 Å². The Hall–Kier alpha value is -1.32. The van der Waals surface area contributed by atoms with Crippen LogP contribution in [0, 0.1) is 34.5 Å². The lowest BCUT2D eigenvalue weighted by atomic mass is 9.45. The van der Waals surface area contributed by atoms with Gasteiger partial charge in [0, 0.05) is 18.4 Å². The minimum Gasteiger partial charge on any atom is -0.446 e. The molecular formula is C33H55NO3. The molecule has 0 bridgehead atoms. The molecule has 0 aromatic rings. The Morgan fingerprint density at radius 2 is 1.62 bits per heavy atom. The van der Waals surface area contributed by atoms with Crippen molar-refractivity contribution >= 4 is 11.9 Å². The maximum Gasteiger partial charge on any atom is 0.407 e. The molecule has 0 heterocycles. The molecule has 1 amide bonds. The van der Waals surface area contributed by atoms with E-state index in [4.69, 9.17) is 4.74 Å². The highest BCUT2D eigenvalue weighted by Gasteiger charge is 2.61. The van der Waals surface area contributed by atoms with E-state index in [1.165, 1.54) is 76.2 Å². The number of amides is 1. The average Bonchev–Trinajstić information content (AvgIpc) is 3.19. The van der Waals surface area contributed by atoms with Crippen LogP contribution in [0.15, 0.2) is 11.6 Å². The van der Waals surface area contributed by atoms with E-state index in [-0.39, 0.29) is 23.0 Å². The largest absolute Gasteiger partial charge is 0.446 e. The van der Waals surface area contributed by atoms with E-state index in [1.54, 1.807) is 0 Å². The van der Waals surface area contributed by atoms with Crippen LogP contribution in [0.25, 0.3) is 0 Å². The number of nitrogens with one attached hydrogen (secondary N) is 1. The summed E-state index contributed by atoms with van der Waals surface area (Å²) >= 11 is 0. The van der Waals surface area contributed by atoms with Crippen LogP contribution in [0.5, 0.6) is 0 Å². The molecule has 1 N–H and O–H groups in total. The zero-order valence-electron chi connectivity index (χ0n) is 24.4. The van der Waals surface area contributed by atoms with Crippen LogP contribution < -0.4 is 5.32 Å². The van der Waals surface area contributed by atoms with Crippen molar-refractivity contribution in [2.45, 2.75) is 143 Å². The summed E-state index contributed by atoms with van der Waals surface area (Å²) in [7, 11) is 0. The molecule has 4 nitrogen and oxygen atoms in total. The lowest BCUT2D eigenvalue weighted by Gasteiger charge is -2.59. The third kappa shape index (κ3) is 6.30. The zero-order valence-corrected chi connectivity index (χ0v) is 24.4. The lowest BCUT2D eigenvalue weighted by Crippen LogP contribution is -2.54. The average molecular weight is 514 g/mol. The van der Waals surface area contributed by atoms with Crippen molar-refractivity contribution in [3.63, 3.8) is 0 Å². The lowest BCUT2D eigenvalue weighted by molar-refractivity contribution is -0.119. The van der Waals surface area contributed by atoms with Crippen molar-refractivity contribution in [1.29, 1.82) is 0 Å². The molecule has 4 heteroatoms. The van der Waals surface area contributed by atoms with E-state index in [2.05, 4.69) is 33.0 Å². The van der Waals surface area contributed by atoms with E-state index >= 15 is 0 Å². The number of rotatable bonds is 12. The van der Waals surface area contributed by atoms with E-state index in [0.717, 1.165) is 38.6 Å². The maximum absolute atomic E-state index is 12.7. The summed E-state index contributed by atoms with van der Waals surface area (Å²) in [6, 6.07) is 0. The third-order valence-electron chi connectivity index (χ3n) is 11.3. The number of ether oxygens (including phenoxy) is 1. The summed E-state index contributed by atoms with van der Waals surface area (Å²) in [5, 5.41) is 3.06. The van der Waals surface area contributed by atoms with E-state index in [1.807, 2.05) is 6.08 Å². The molecule has 0 aliphatic heterocycles. The van der Waals surface area contributed by atoms with Gasteiger partial charge in [-0.3, -0.25) is 4.79 Å². The van der Waals surface area contributed by atoms with Gasteiger partial charge in [-0.05, 0) is 80.1 Å². The minimum atomic E-state index is -0.204. The molecule has 37 heavy (non-hydrogen) atoms. The summed E-state index contributed by atoms with van der Waals surface area (Å²) in [5.41, 5.74) is 1.71. The van der Waals surface area contributed by atoms with Gasteiger partial charge in [-0.15, -0.1) is 0 Å². The van der Waals surface area contributed by atoms with Gasteiger partial charge in [0.1, 0.15) is 6.10 Å². The van der Waals surface area contributed by atoms with Crippen molar-refractivity contribution in [1.82, 2.24) is 5.32 Å². The van der Waals surface area contributed by atoms with Gasteiger partial charge in [-0.25, -0.2) is 4.79 Å². The zero-order chi connectivity index (χ0) is 26.5. The van der Waals surface area contributed by atoms with E-state index < -0.39 is 0 Å². The van der Waals surface area contributed by atoms with Gasteiger partial charge in [0.25, 0.3) is 0 Å². The van der Waals surface area contributed by atoms with Crippen LogP contribution >= 0.6 is 0 Å². The fraction of sp³-hybridized carbons (Fsp3) is 0.879. The summed E-state index contributed by atoms with van der Waals surface area (Å²) < 4.78 is 6.13. The molecule has 4 aliphatic rings. The second-order valence-corrected chi connectivity index (χ2v) is 13.6. The highest BCUT2D eigenvalue weighted by Crippen LogP contribution is 2.66. The first-order valence-electron chi connectivity index (χ1n) is 16.0. The first kappa shape index (κ1) is 28.7. The molecule has 7 unspecified atom stereocenters. The Morgan fingerprint density at radius 3 is 2.32 bits per heavy atom. The van der Waals surface area contributed by atoms with Gasteiger partial charge in [0.05, 0.1) is 0 Å². The summed E-state index contributed by atoms with van der Waals surface area (Å²) in [4.78, 5) is 24.9. The normalized spacial score (nSPS) is 36.8. The number of hydrogen-bond donors (Lipinski definition) is 1. The van der Waals surface area contributed by atoms with Crippen molar-refractivity contribution in [3.05, 3.63) is 11.6 Å². The van der Waals surface area contributed by atoms with Gasteiger partial charge in [0.15, 0.2) is 5.78 Å². The fourth-order valence-electron chi connectivity index (χ4n) is 9.02. The molecule has 4 rings (SSSR count). The standard InChI is InChI=1S/C33H55NO3/c1-5-6-7-8-9-10-11-12-13-14-21-34-31(36)37-29-16-15-27-30-24(2)22-25-23-26(35)17-19-32(25,3)28(30)18-20-33(27,29)4/h23-24,27-30H,5-22H2,1-4H3,(H,34,36). The first-order valence-corrected chi connectivity index (χ1v) is 16.0. The maximum atomic E-state index is 12.7. The monoisotopic (exact) mass is 513 g/mol. The predicted molar refractivity (Wildman–Crippen MR) is 151 cm³/mol. The quantitative estimate of drug-likeness (QED) is 0.265. The molecular weight excluding hydrogens is 458 g/mol. The third-order valence-corrected chi connectivity index (χ3v) is 11.3. The highest BCUT2D eigenvalue weighted by molar-refractivity contribution is 5.91. The molecule has 0 aromatic heterocycles. The molecule has 3 saturated carbocycles. The van der Waals surface area contributed by atoms with E-state index in [0.29, 0.717) is 35.9 Å². The first-order chi connectivity index (χ1) is 17.8. The highest BCUT2D eigenvalue weighted by atomic mass is 16.6. The second-order valence-electron chi connectivity index (χ2n) is 13.6.